The third-order valence-electron chi connectivity index (χ3n) is 4.07. The second-order valence-electron chi connectivity index (χ2n) is 5.67. The van der Waals surface area contributed by atoms with E-state index in [0.717, 1.165) is 25.7 Å². The zero-order chi connectivity index (χ0) is 14.7. The molecule has 0 saturated heterocycles. The predicted molar refractivity (Wildman–Crippen MR) is 74.4 cm³/mol. The van der Waals surface area contributed by atoms with Gasteiger partial charge in [-0.25, -0.2) is 0 Å². The van der Waals surface area contributed by atoms with Gasteiger partial charge in [0.1, 0.15) is 5.69 Å². The summed E-state index contributed by atoms with van der Waals surface area (Å²) < 4.78 is 5.66. The van der Waals surface area contributed by atoms with E-state index < -0.39 is 5.97 Å². The maximum atomic E-state index is 11.1. The summed E-state index contributed by atoms with van der Waals surface area (Å²) in [5.41, 5.74) is 0.398. The van der Waals surface area contributed by atoms with Crippen molar-refractivity contribution in [1.82, 2.24) is 15.2 Å². The molecule has 1 aliphatic carbocycles. The Morgan fingerprint density at radius 3 is 2.76 bits per heavy atom. The largest absolute Gasteiger partial charge is 0.481 e. The number of hydrogen-bond acceptors (Lipinski definition) is 5. The molecule has 21 heavy (non-hydrogen) atoms. The minimum atomic E-state index is -0.763. The average Bonchev–Trinajstić information content (AvgIpc) is 3.09. The van der Waals surface area contributed by atoms with E-state index in [9.17, 15) is 4.79 Å². The molecule has 0 unspecified atom stereocenters. The van der Waals surface area contributed by atoms with Gasteiger partial charge in [0.05, 0.1) is 6.42 Å². The predicted octanol–water partition coefficient (Wildman–Crippen LogP) is 2.71. The first kappa shape index (κ1) is 13.7. The summed E-state index contributed by atoms with van der Waals surface area (Å²) in [7, 11) is 0. The normalized spacial score (nSPS) is 17.0. The van der Waals surface area contributed by atoms with Crippen LogP contribution in [-0.2, 0) is 11.2 Å². The lowest BCUT2D eigenvalue weighted by Crippen LogP contribution is -2.23. The maximum absolute atomic E-state index is 11.1. The summed E-state index contributed by atoms with van der Waals surface area (Å²) in [6.45, 7) is 0. The minimum absolute atomic E-state index is 0.161. The molecule has 1 aliphatic rings. The maximum Gasteiger partial charge on any atom is 0.303 e. The summed E-state index contributed by atoms with van der Waals surface area (Å²) in [6.07, 6.45) is 6.29. The molecule has 3 rings (SSSR count). The van der Waals surface area contributed by atoms with Gasteiger partial charge in [0.2, 0.25) is 5.89 Å². The Bertz CT molecular complexity index is 618. The van der Waals surface area contributed by atoms with Crippen LogP contribution in [0.15, 0.2) is 28.8 Å². The lowest BCUT2D eigenvalue weighted by Gasteiger charge is -2.24. The van der Waals surface area contributed by atoms with Gasteiger partial charge in [-0.05, 0) is 30.4 Å². The first-order valence-electron chi connectivity index (χ1n) is 7.12. The first-order chi connectivity index (χ1) is 10.2. The fraction of sp³-hybridized carbons (Fsp3) is 0.467. The number of aliphatic carboxylic acids is 1. The van der Waals surface area contributed by atoms with E-state index in [-0.39, 0.29) is 11.8 Å². The van der Waals surface area contributed by atoms with Crippen molar-refractivity contribution in [3.8, 4) is 11.6 Å². The van der Waals surface area contributed by atoms with Crippen LogP contribution in [0.25, 0.3) is 11.6 Å². The molecule has 1 fully saturated rings. The van der Waals surface area contributed by atoms with Gasteiger partial charge in [-0.1, -0.05) is 18.9 Å². The van der Waals surface area contributed by atoms with Crippen molar-refractivity contribution in [2.75, 3.05) is 0 Å². The number of carboxylic acids is 1. The van der Waals surface area contributed by atoms with Crippen molar-refractivity contribution in [2.45, 2.75) is 38.5 Å². The van der Waals surface area contributed by atoms with Crippen LogP contribution in [0.4, 0.5) is 0 Å². The average molecular weight is 287 g/mol. The third-order valence-corrected chi connectivity index (χ3v) is 4.07. The van der Waals surface area contributed by atoms with Gasteiger partial charge in [0.25, 0.3) is 5.89 Å². The van der Waals surface area contributed by atoms with Crippen LogP contribution >= 0.6 is 0 Å². The van der Waals surface area contributed by atoms with E-state index in [0.29, 0.717) is 23.9 Å². The number of hydrogen-bond donors (Lipinski definition) is 1. The molecule has 2 aromatic heterocycles. The van der Waals surface area contributed by atoms with Crippen molar-refractivity contribution in [1.29, 1.82) is 0 Å². The van der Waals surface area contributed by atoms with E-state index in [1.807, 2.05) is 12.1 Å². The molecular formula is C15H17N3O3. The highest BCUT2D eigenvalue weighted by Gasteiger charge is 2.37. The van der Waals surface area contributed by atoms with Crippen molar-refractivity contribution in [3.63, 3.8) is 0 Å². The monoisotopic (exact) mass is 287 g/mol. The van der Waals surface area contributed by atoms with Crippen LogP contribution in [0.2, 0.25) is 0 Å². The molecule has 0 atom stereocenters. The van der Waals surface area contributed by atoms with Crippen LogP contribution in [0, 0.1) is 5.41 Å². The van der Waals surface area contributed by atoms with Gasteiger partial charge in [0, 0.05) is 12.6 Å². The fourth-order valence-electron chi connectivity index (χ4n) is 3.10. The lowest BCUT2D eigenvalue weighted by molar-refractivity contribution is -0.139. The number of carboxylic acid groups (broad SMARTS) is 1. The molecule has 1 N–H and O–H groups in total. The molecule has 0 radical (unpaired) electrons. The Morgan fingerprint density at radius 2 is 2.10 bits per heavy atom. The summed E-state index contributed by atoms with van der Waals surface area (Å²) >= 11 is 0. The quantitative estimate of drug-likeness (QED) is 0.909. The molecule has 0 aromatic carbocycles. The molecule has 110 valence electrons. The Labute approximate surface area is 122 Å². The second kappa shape index (κ2) is 5.63. The first-order valence-corrected chi connectivity index (χ1v) is 7.12. The highest BCUT2D eigenvalue weighted by Crippen LogP contribution is 2.43. The van der Waals surface area contributed by atoms with Crippen LogP contribution in [0.5, 0.6) is 0 Å². The van der Waals surface area contributed by atoms with Crippen molar-refractivity contribution >= 4 is 5.97 Å². The third kappa shape index (κ3) is 3.09. The molecule has 0 spiro atoms. The fourth-order valence-corrected chi connectivity index (χ4v) is 3.10. The van der Waals surface area contributed by atoms with Crippen molar-refractivity contribution in [3.05, 3.63) is 30.3 Å². The minimum Gasteiger partial charge on any atom is -0.481 e. The lowest BCUT2D eigenvalue weighted by atomic mass is 9.79. The van der Waals surface area contributed by atoms with E-state index in [1.54, 1.807) is 12.3 Å². The van der Waals surface area contributed by atoms with E-state index in [1.165, 1.54) is 0 Å². The summed E-state index contributed by atoms with van der Waals surface area (Å²) in [4.78, 5) is 15.3. The molecular weight excluding hydrogens is 270 g/mol. The van der Waals surface area contributed by atoms with Gasteiger partial charge in [-0.3, -0.25) is 9.78 Å². The second-order valence-corrected chi connectivity index (χ2v) is 5.67. The van der Waals surface area contributed by atoms with E-state index in [2.05, 4.69) is 15.2 Å². The zero-order valence-corrected chi connectivity index (χ0v) is 11.7. The number of aromatic nitrogens is 3. The van der Waals surface area contributed by atoms with Crippen molar-refractivity contribution < 1.29 is 14.3 Å². The molecule has 6 heteroatoms. The number of nitrogens with zero attached hydrogens (tertiary/aromatic N) is 3. The summed E-state index contributed by atoms with van der Waals surface area (Å²) in [5.74, 6) is 0.120. The Morgan fingerprint density at radius 1 is 1.29 bits per heavy atom. The van der Waals surface area contributed by atoms with E-state index in [4.69, 9.17) is 9.52 Å². The molecule has 0 aliphatic heterocycles. The number of carbonyl (C=O) groups is 1. The molecule has 2 heterocycles. The Hall–Kier alpha value is -2.24. The molecule has 0 bridgehead atoms. The van der Waals surface area contributed by atoms with Crippen LogP contribution in [0.1, 0.15) is 38.0 Å². The molecule has 2 aromatic rings. The van der Waals surface area contributed by atoms with Gasteiger partial charge < -0.3 is 9.52 Å². The van der Waals surface area contributed by atoms with Crippen LogP contribution < -0.4 is 0 Å². The topological polar surface area (TPSA) is 89.1 Å². The highest BCUT2D eigenvalue weighted by atomic mass is 16.4. The standard InChI is InChI=1S/C15H17N3O3/c19-13(20)10-15(6-2-3-7-15)9-12-17-18-14(21-12)11-5-1-4-8-16-11/h1,4-5,8H,2-3,6-7,9-10H2,(H,19,20). The smallest absolute Gasteiger partial charge is 0.303 e. The summed E-state index contributed by atoms with van der Waals surface area (Å²) in [5, 5.41) is 17.2. The number of rotatable bonds is 5. The van der Waals surface area contributed by atoms with Crippen molar-refractivity contribution in [2.24, 2.45) is 5.41 Å². The SMILES string of the molecule is O=C(O)CC1(Cc2nnc(-c3ccccn3)o2)CCCC1. The number of pyridine rings is 1. The van der Waals surface area contributed by atoms with Gasteiger partial charge in [-0.15, -0.1) is 10.2 Å². The van der Waals surface area contributed by atoms with Gasteiger partial charge in [0.15, 0.2) is 0 Å². The van der Waals surface area contributed by atoms with Gasteiger partial charge >= 0.3 is 5.97 Å². The summed E-state index contributed by atoms with van der Waals surface area (Å²) in [6, 6.07) is 5.48. The van der Waals surface area contributed by atoms with E-state index >= 15 is 0 Å². The molecule has 6 nitrogen and oxygen atoms in total. The Kier molecular flexibility index (Phi) is 3.68. The van der Waals surface area contributed by atoms with Crippen LogP contribution in [0.3, 0.4) is 0 Å². The molecule has 0 amide bonds. The van der Waals surface area contributed by atoms with Gasteiger partial charge in [-0.2, -0.15) is 0 Å². The Balaban J connectivity index is 1.78. The highest BCUT2D eigenvalue weighted by molar-refractivity contribution is 5.67. The zero-order valence-electron chi connectivity index (χ0n) is 11.7. The van der Waals surface area contributed by atoms with Crippen LogP contribution in [-0.4, -0.2) is 26.3 Å². The molecule has 1 saturated carbocycles.